The fourth-order valence-electron chi connectivity index (χ4n) is 2.40. The third-order valence-electron chi connectivity index (χ3n) is 3.31. The first-order valence-electron chi connectivity index (χ1n) is 7.11. The monoisotopic (exact) mass is 311 g/mol. The molecule has 1 saturated heterocycles. The van der Waals surface area contributed by atoms with E-state index in [0.29, 0.717) is 12.1 Å². The van der Waals surface area contributed by atoms with Crippen LogP contribution in [0, 0.1) is 5.92 Å². The zero-order valence-electron chi connectivity index (χ0n) is 12.3. The minimum atomic E-state index is -2.93. The lowest BCUT2D eigenvalue weighted by atomic mass is 10.1. The van der Waals surface area contributed by atoms with Crippen molar-refractivity contribution in [1.29, 1.82) is 0 Å². The highest BCUT2D eigenvalue weighted by Crippen LogP contribution is 2.22. The Morgan fingerprint density at radius 1 is 1.33 bits per heavy atom. The fourth-order valence-corrected chi connectivity index (χ4v) is 4.26. The van der Waals surface area contributed by atoms with Crippen molar-refractivity contribution < 1.29 is 17.9 Å². The van der Waals surface area contributed by atoms with Gasteiger partial charge in [0.05, 0.1) is 17.6 Å². The van der Waals surface area contributed by atoms with Crippen LogP contribution in [0.25, 0.3) is 0 Å². The Balaban J connectivity index is 1.85. The van der Waals surface area contributed by atoms with Crippen molar-refractivity contribution in [2.75, 3.05) is 16.8 Å². The molecule has 0 spiro atoms. The van der Waals surface area contributed by atoms with Crippen LogP contribution in [-0.2, 0) is 14.6 Å². The van der Waals surface area contributed by atoms with Gasteiger partial charge in [-0.3, -0.25) is 4.79 Å². The second kappa shape index (κ2) is 6.47. The molecule has 0 radical (unpaired) electrons. The second-order valence-corrected chi connectivity index (χ2v) is 7.94. The molecule has 1 aliphatic rings. The molecule has 1 aromatic carbocycles. The van der Waals surface area contributed by atoms with Gasteiger partial charge >= 0.3 is 0 Å². The average molecular weight is 311 g/mol. The SMILES string of the molecule is CC(C)Oc1ccc(NC(=O)CC2CCS(=O)(=O)C2)cc1. The van der Waals surface area contributed by atoms with Crippen LogP contribution in [0.1, 0.15) is 26.7 Å². The number of hydrogen-bond acceptors (Lipinski definition) is 4. The highest BCUT2D eigenvalue weighted by Gasteiger charge is 2.29. The molecule has 1 N–H and O–H groups in total. The maximum Gasteiger partial charge on any atom is 0.224 e. The first-order valence-corrected chi connectivity index (χ1v) is 8.93. The molecular formula is C15H21NO4S. The number of amides is 1. The zero-order chi connectivity index (χ0) is 15.5. The molecule has 0 aliphatic carbocycles. The Labute approximate surface area is 125 Å². The van der Waals surface area contributed by atoms with Gasteiger partial charge in [0.1, 0.15) is 5.75 Å². The summed E-state index contributed by atoms with van der Waals surface area (Å²) in [6, 6.07) is 7.16. The van der Waals surface area contributed by atoms with E-state index in [-0.39, 0.29) is 35.9 Å². The van der Waals surface area contributed by atoms with Gasteiger partial charge in [-0.05, 0) is 50.5 Å². The van der Waals surface area contributed by atoms with E-state index in [9.17, 15) is 13.2 Å². The number of sulfone groups is 1. The summed E-state index contributed by atoms with van der Waals surface area (Å²) in [5.41, 5.74) is 0.692. The number of nitrogens with one attached hydrogen (secondary N) is 1. The highest BCUT2D eigenvalue weighted by atomic mass is 32.2. The molecule has 1 amide bonds. The molecule has 0 bridgehead atoms. The number of carbonyl (C=O) groups is 1. The van der Waals surface area contributed by atoms with Gasteiger partial charge in [0.2, 0.25) is 5.91 Å². The number of anilines is 1. The van der Waals surface area contributed by atoms with Gasteiger partial charge < -0.3 is 10.1 Å². The summed E-state index contributed by atoms with van der Waals surface area (Å²) in [5.74, 6) is 0.881. The molecule has 21 heavy (non-hydrogen) atoms. The Hall–Kier alpha value is -1.56. The Kier molecular flexibility index (Phi) is 4.88. The smallest absolute Gasteiger partial charge is 0.224 e. The van der Waals surface area contributed by atoms with Crippen molar-refractivity contribution in [1.82, 2.24) is 0 Å². The van der Waals surface area contributed by atoms with Gasteiger partial charge in [0, 0.05) is 12.1 Å². The number of hydrogen-bond donors (Lipinski definition) is 1. The number of benzene rings is 1. The third-order valence-corrected chi connectivity index (χ3v) is 5.15. The van der Waals surface area contributed by atoms with Crippen LogP contribution < -0.4 is 10.1 Å². The molecule has 1 atom stereocenters. The fraction of sp³-hybridized carbons (Fsp3) is 0.533. The van der Waals surface area contributed by atoms with Crippen LogP contribution in [0.3, 0.4) is 0 Å². The Morgan fingerprint density at radius 3 is 2.52 bits per heavy atom. The maximum absolute atomic E-state index is 11.9. The molecule has 116 valence electrons. The van der Waals surface area contributed by atoms with Gasteiger partial charge in [0.25, 0.3) is 0 Å². The summed E-state index contributed by atoms with van der Waals surface area (Å²) in [6.07, 6.45) is 0.940. The summed E-state index contributed by atoms with van der Waals surface area (Å²) >= 11 is 0. The zero-order valence-corrected chi connectivity index (χ0v) is 13.2. The second-order valence-electron chi connectivity index (χ2n) is 5.71. The summed E-state index contributed by atoms with van der Waals surface area (Å²) in [6.45, 7) is 3.90. The molecule has 6 heteroatoms. The van der Waals surface area contributed by atoms with Crippen molar-refractivity contribution in [3.8, 4) is 5.75 Å². The molecule has 5 nitrogen and oxygen atoms in total. The molecule has 1 fully saturated rings. The van der Waals surface area contributed by atoms with E-state index in [1.165, 1.54) is 0 Å². The van der Waals surface area contributed by atoms with Crippen molar-refractivity contribution in [2.24, 2.45) is 5.92 Å². The third kappa shape index (κ3) is 5.04. The first-order chi connectivity index (χ1) is 9.84. The van der Waals surface area contributed by atoms with Gasteiger partial charge in [0.15, 0.2) is 9.84 Å². The summed E-state index contributed by atoms with van der Waals surface area (Å²) in [4.78, 5) is 11.9. The summed E-state index contributed by atoms with van der Waals surface area (Å²) in [7, 11) is -2.93. The lowest BCUT2D eigenvalue weighted by Gasteiger charge is -2.11. The predicted octanol–water partition coefficient (Wildman–Crippen LogP) is 2.24. The number of rotatable bonds is 5. The van der Waals surface area contributed by atoms with Crippen molar-refractivity contribution in [3.05, 3.63) is 24.3 Å². The van der Waals surface area contributed by atoms with Gasteiger partial charge in [-0.25, -0.2) is 8.42 Å². The van der Waals surface area contributed by atoms with Crippen molar-refractivity contribution in [2.45, 2.75) is 32.8 Å². The van der Waals surface area contributed by atoms with Gasteiger partial charge in [-0.1, -0.05) is 0 Å². The van der Waals surface area contributed by atoms with Crippen LogP contribution in [0.15, 0.2) is 24.3 Å². The lowest BCUT2D eigenvalue weighted by Crippen LogP contribution is -2.17. The molecule has 1 heterocycles. The number of ether oxygens (including phenoxy) is 1. The minimum absolute atomic E-state index is 0.0569. The molecule has 2 rings (SSSR count). The van der Waals surface area contributed by atoms with E-state index >= 15 is 0 Å². The first kappa shape index (κ1) is 15.8. The predicted molar refractivity (Wildman–Crippen MR) is 82.2 cm³/mol. The normalized spacial score (nSPS) is 20.4. The van der Waals surface area contributed by atoms with E-state index in [4.69, 9.17) is 4.74 Å². The van der Waals surface area contributed by atoms with E-state index in [2.05, 4.69) is 5.32 Å². The standard InChI is InChI=1S/C15H21NO4S/c1-11(2)20-14-5-3-13(4-6-14)16-15(17)9-12-7-8-21(18,19)10-12/h3-6,11-12H,7-10H2,1-2H3,(H,16,17). The average Bonchev–Trinajstić information content (AvgIpc) is 2.70. The number of carbonyl (C=O) groups excluding carboxylic acids is 1. The molecule has 1 unspecified atom stereocenters. The molecule has 0 aromatic heterocycles. The van der Waals surface area contributed by atoms with Crippen LogP contribution in [0.4, 0.5) is 5.69 Å². The van der Waals surface area contributed by atoms with Crippen molar-refractivity contribution >= 4 is 21.4 Å². The minimum Gasteiger partial charge on any atom is -0.491 e. The van der Waals surface area contributed by atoms with Gasteiger partial charge in [-0.15, -0.1) is 0 Å². The van der Waals surface area contributed by atoms with E-state index in [0.717, 1.165) is 5.75 Å². The van der Waals surface area contributed by atoms with E-state index < -0.39 is 9.84 Å². The van der Waals surface area contributed by atoms with Crippen LogP contribution in [0.5, 0.6) is 5.75 Å². The van der Waals surface area contributed by atoms with Crippen LogP contribution in [-0.4, -0.2) is 31.9 Å². The molecular weight excluding hydrogens is 290 g/mol. The molecule has 0 saturated carbocycles. The summed E-state index contributed by atoms with van der Waals surface area (Å²) < 4.78 is 28.2. The van der Waals surface area contributed by atoms with Crippen LogP contribution in [0.2, 0.25) is 0 Å². The van der Waals surface area contributed by atoms with Gasteiger partial charge in [-0.2, -0.15) is 0 Å². The van der Waals surface area contributed by atoms with E-state index in [1.807, 2.05) is 13.8 Å². The largest absolute Gasteiger partial charge is 0.491 e. The Morgan fingerprint density at radius 2 is 2.00 bits per heavy atom. The van der Waals surface area contributed by atoms with Crippen LogP contribution >= 0.6 is 0 Å². The summed E-state index contributed by atoms with van der Waals surface area (Å²) in [5, 5.41) is 2.79. The molecule has 1 aromatic rings. The highest BCUT2D eigenvalue weighted by molar-refractivity contribution is 7.91. The topological polar surface area (TPSA) is 72.5 Å². The van der Waals surface area contributed by atoms with Crippen molar-refractivity contribution in [3.63, 3.8) is 0 Å². The quantitative estimate of drug-likeness (QED) is 0.905. The lowest BCUT2D eigenvalue weighted by molar-refractivity contribution is -0.116. The molecule has 1 aliphatic heterocycles. The maximum atomic E-state index is 11.9. The van der Waals surface area contributed by atoms with E-state index in [1.54, 1.807) is 24.3 Å². The Bertz CT molecular complexity index is 593.